The molecule has 1 aliphatic heterocycles. The van der Waals surface area contributed by atoms with E-state index < -0.39 is 0 Å². The van der Waals surface area contributed by atoms with E-state index in [1.165, 1.54) is 11.1 Å². The van der Waals surface area contributed by atoms with Crippen molar-refractivity contribution in [2.75, 3.05) is 6.54 Å². The Morgan fingerprint density at radius 3 is 3.00 bits per heavy atom. The molecule has 4 rings (SSSR count). The molecule has 0 saturated heterocycles. The summed E-state index contributed by atoms with van der Waals surface area (Å²) in [5.41, 5.74) is 3.07. The van der Waals surface area contributed by atoms with Crippen LogP contribution in [0, 0.1) is 0 Å². The number of hydrogen-bond acceptors (Lipinski definition) is 5. The van der Waals surface area contributed by atoms with E-state index in [2.05, 4.69) is 44.6 Å². The van der Waals surface area contributed by atoms with Crippen LogP contribution in [0.3, 0.4) is 0 Å². The molecule has 1 N–H and O–H groups in total. The molecule has 3 heterocycles. The van der Waals surface area contributed by atoms with Gasteiger partial charge in [-0.1, -0.05) is 29.4 Å². The Hall–Kier alpha value is -2.93. The maximum absolute atomic E-state index is 12.3. The fraction of sp³-hybridized carbons (Fsp3) is 0.350. The SMILES string of the molecule is CCn1ccnc1CNC(=O)c1cc(CN2CCc3ccccc3C2)on1. The number of hydrogen-bond donors (Lipinski definition) is 1. The number of benzene rings is 1. The highest BCUT2D eigenvalue weighted by molar-refractivity contribution is 5.92. The molecule has 1 aliphatic rings. The second kappa shape index (κ2) is 7.75. The molecule has 27 heavy (non-hydrogen) atoms. The third-order valence-corrected chi connectivity index (χ3v) is 4.93. The highest BCUT2D eigenvalue weighted by Gasteiger charge is 2.19. The smallest absolute Gasteiger partial charge is 0.273 e. The summed E-state index contributed by atoms with van der Waals surface area (Å²) in [6, 6.07) is 10.2. The first-order valence-corrected chi connectivity index (χ1v) is 9.26. The topological polar surface area (TPSA) is 76.2 Å². The van der Waals surface area contributed by atoms with Crippen LogP contribution < -0.4 is 5.32 Å². The summed E-state index contributed by atoms with van der Waals surface area (Å²) in [5, 5.41) is 6.78. The van der Waals surface area contributed by atoms with Crippen LogP contribution in [0.4, 0.5) is 0 Å². The van der Waals surface area contributed by atoms with Crippen molar-refractivity contribution in [2.45, 2.75) is 39.5 Å². The molecular formula is C20H23N5O2. The summed E-state index contributed by atoms with van der Waals surface area (Å²) in [4.78, 5) is 18.9. The predicted octanol–water partition coefficient (Wildman–Crippen LogP) is 2.38. The average molecular weight is 365 g/mol. The van der Waals surface area contributed by atoms with E-state index in [0.717, 1.165) is 31.9 Å². The summed E-state index contributed by atoms with van der Waals surface area (Å²) in [6.07, 6.45) is 4.66. The third kappa shape index (κ3) is 3.93. The highest BCUT2D eigenvalue weighted by Crippen LogP contribution is 2.20. The second-order valence-corrected chi connectivity index (χ2v) is 6.72. The van der Waals surface area contributed by atoms with E-state index in [-0.39, 0.29) is 5.91 Å². The van der Waals surface area contributed by atoms with E-state index in [4.69, 9.17) is 4.52 Å². The van der Waals surface area contributed by atoms with Crippen molar-refractivity contribution in [3.05, 3.63) is 71.1 Å². The number of carbonyl (C=O) groups is 1. The standard InChI is InChI=1S/C20H23N5O2/c1-2-25-10-8-21-19(25)12-22-20(26)18-11-17(27-23-18)14-24-9-7-15-5-3-4-6-16(15)13-24/h3-6,8,10-11H,2,7,9,12-14H2,1H3,(H,22,26). The summed E-state index contributed by atoms with van der Waals surface area (Å²) in [6.45, 7) is 5.73. The molecular weight excluding hydrogens is 342 g/mol. The first kappa shape index (κ1) is 17.5. The van der Waals surface area contributed by atoms with Crippen LogP contribution in [0.5, 0.6) is 0 Å². The van der Waals surface area contributed by atoms with Gasteiger partial charge in [0.15, 0.2) is 11.5 Å². The molecule has 7 heteroatoms. The van der Waals surface area contributed by atoms with Gasteiger partial charge >= 0.3 is 0 Å². The molecule has 1 amide bonds. The number of aromatic nitrogens is 3. The first-order chi connectivity index (χ1) is 13.2. The third-order valence-electron chi connectivity index (χ3n) is 4.93. The van der Waals surface area contributed by atoms with Gasteiger partial charge in [0.1, 0.15) is 5.82 Å². The number of amides is 1. The van der Waals surface area contributed by atoms with E-state index in [9.17, 15) is 4.79 Å². The van der Waals surface area contributed by atoms with Crippen LogP contribution >= 0.6 is 0 Å². The van der Waals surface area contributed by atoms with Gasteiger partial charge in [0.05, 0.1) is 13.1 Å². The van der Waals surface area contributed by atoms with Crippen LogP contribution in [0.2, 0.25) is 0 Å². The fourth-order valence-electron chi connectivity index (χ4n) is 3.45. The molecule has 140 valence electrons. The average Bonchev–Trinajstić information content (AvgIpc) is 3.35. The minimum absolute atomic E-state index is 0.250. The minimum atomic E-state index is -0.250. The summed E-state index contributed by atoms with van der Waals surface area (Å²) in [5.74, 6) is 1.27. The van der Waals surface area contributed by atoms with Crippen molar-refractivity contribution in [3.63, 3.8) is 0 Å². The van der Waals surface area contributed by atoms with E-state index >= 15 is 0 Å². The number of fused-ring (bicyclic) bond motifs is 1. The first-order valence-electron chi connectivity index (χ1n) is 9.26. The largest absolute Gasteiger partial charge is 0.359 e. The molecule has 2 aromatic heterocycles. The van der Waals surface area contributed by atoms with Gasteiger partial charge in [0.25, 0.3) is 5.91 Å². The van der Waals surface area contributed by atoms with Crippen molar-refractivity contribution < 1.29 is 9.32 Å². The molecule has 0 unspecified atom stereocenters. The second-order valence-electron chi connectivity index (χ2n) is 6.72. The van der Waals surface area contributed by atoms with Crippen molar-refractivity contribution in [2.24, 2.45) is 0 Å². The molecule has 0 radical (unpaired) electrons. The van der Waals surface area contributed by atoms with E-state index in [0.29, 0.717) is 24.5 Å². The van der Waals surface area contributed by atoms with Gasteiger partial charge in [0, 0.05) is 38.1 Å². The Morgan fingerprint density at radius 1 is 1.30 bits per heavy atom. The highest BCUT2D eigenvalue weighted by atomic mass is 16.5. The van der Waals surface area contributed by atoms with Gasteiger partial charge in [0.2, 0.25) is 0 Å². The molecule has 0 saturated carbocycles. The quantitative estimate of drug-likeness (QED) is 0.726. The van der Waals surface area contributed by atoms with Crippen molar-refractivity contribution in [3.8, 4) is 0 Å². The molecule has 0 aliphatic carbocycles. The van der Waals surface area contributed by atoms with Crippen LogP contribution in [0.1, 0.15) is 40.1 Å². The number of imidazole rings is 1. The van der Waals surface area contributed by atoms with E-state index in [1.54, 1.807) is 12.3 Å². The van der Waals surface area contributed by atoms with Gasteiger partial charge in [-0.15, -0.1) is 0 Å². The van der Waals surface area contributed by atoms with Gasteiger partial charge in [-0.25, -0.2) is 4.98 Å². The van der Waals surface area contributed by atoms with Crippen LogP contribution in [-0.4, -0.2) is 32.1 Å². The van der Waals surface area contributed by atoms with Gasteiger partial charge in [-0.05, 0) is 24.5 Å². The molecule has 0 fully saturated rings. The number of nitrogens with one attached hydrogen (secondary N) is 1. The lowest BCUT2D eigenvalue weighted by atomic mass is 10.00. The summed E-state index contributed by atoms with van der Waals surface area (Å²) < 4.78 is 7.37. The number of carbonyl (C=O) groups excluding carboxylic acids is 1. The van der Waals surface area contributed by atoms with Crippen LogP contribution in [-0.2, 0) is 32.6 Å². The summed E-state index contributed by atoms with van der Waals surface area (Å²) in [7, 11) is 0. The van der Waals surface area contributed by atoms with Crippen LogP contribution in [0.25, 0.3) is 0 Å². The number of nitrogens with zero attached hydrogens (tertiary/aromatic N) is 4. The maximum atomic E-state index is 12.3. The maximum Gasteiger partial charge on any atom is 0.273 e. The van der Waals surface area contributed by atoms with Crippen LogP contribution in [0.15, 0.2) is 47.2 Å². The lowest BCUT2D eigenvalue weighted by molar-refractivity contribution is 0.0940. The van der Waals surface area contributed by atoms with Crippen molar-refractivity contribution in [1.82, 2.24) is 24.9 Å². The molecule has 1 aromatic carbocycles. The van der Waals surface area contributed by atoms with Gasteiger partial charge in [-0.3, -0.25) is 9.69 Å². The summed E-state index contributed by atoms with van der Waals surface area (Å²) >= 11 is 0. The molecule has 0 bridgehead atoms. The Kier molecular flexibility index (Phi) is 5.02. The molecule has 7 nitrogen and oxygen atoms in total. The monoisotopic (exact) mass is 365 g/mol. The van der Waals surface area contributed by atoms with Gasteiger partial charge < -0.3 is 14.4 Å². The molecule has 3 aromatic rings. The lowest BCUT2D eigenvalue weighted by Gasteiger charge is -2.27. The Labute approximate surface area is 158 Å². The zero-order valence-electron chi connectivity index (χ0n) is 15.4. The Balaban J connectivity index is 1.34. The van der Waals surface area contributed by atoms with E-state index in [1.807, 2.05) is 17.7 Å². The molecule has 0 spiro atoms. The van der Waals surface area contributed by atoms with Crippen molar-refractivity contribution >= 4 is 5.91 Å². The molecule has 0 atom stereocenters. The lowest BCUT2D eigenvalue weighted by Crippen LogP contribution is -2.29. The zero-order valence-corrected chi connectivity index (χ0v) is 15.4. The van der Waals surface area contributed by atoms with Gasteiger partial charge in [-0.2, -0.15) is 0 Å². The number of aryl methyl sites for hydroxylation is 1. The Bertz CT molecular complexity index is 930. The fourth-order valence-corrected chi connectivity index (χ4v) is 3.45. The minimum Gasteiger partial charge on any atom is -0.359 e. The number of rotatable bonds is 6. The zero-order chi connectivity index (χ0) is 18.6. The predicted molar refractivity (Wildman–Crippen MR) is 99.8 cm³/mol. The normalized spacial score (nSPS) is 14.1. The van der Waals surface area contributed by atoms with Crippen molar-refractivity contribution in [1.29, 1.82) is 0 Å². The Morgan fingerprint density at radius 2 is 2.15 bits per heavy atom.